The molecule has 1 heterocycles. The number of fused-ring (bicyclic) bond motifs is 1. The number of nitrogens with zero attached hydrogens (tertiary/aromatic N) is 1. The van der Waals surface area contributed by atoms with Crippen LogP contribution in [0.1, 0.15) is 19.3 Å². The molecule has 1 N–H and O–H groups in total. The maximum atomic E-state index is 12.4. The first-order valence-electron chi connectivity index (χ1n) is 8.75. The molecule has 0 aliphatic carbocycles. The first-order chi connectivity index (χ1) is 12.6. The van der Waals surface area contributed by atoms with Crippen molar-refractivity contribution in [3.63, 3.8) is 0 Å². The van der Waals surface area contributed by atoms with E-state index >= 15 is 0 Å². The van der Waals surface area contributed by atoms with Gasteiger partial charge in [0.25, 0.3) is 0 Å². The highest BCUT2D eigenvalue weighted by Gasteiger charge is 2.39. The van der Waals surface area contributed by atoms with Gasteiger partial charge < -0.3 is 19.5 Å². The highest BCUT2D eigenvalue weighted by atomic mass is 16.5. The highest BCUT2D eigenvalue weighted by molar-refractivity contribution is 5.88. The number of likely N-dealkylation sites (tertiary alicyclic amines) is 1. The summed E-state index contributed by atoms with van der Waals surface area (Å²) in [5, 5.41) is 11.4. The van der Waals surface area contributed by atoms with Crippen LogP contribution < -0.4 is 4.74 Å². The molecule has 6 heteroatoms. The van der Waals surface area contributed by atoms with E-state index in [4.69, 9.17) is 9.47 Å². The number of amides is 1. The van der Waals surface area contributed by atoms with Crippen LogP contribution in [0.5, 0.6) is 5.75 Å². The lowest BCUT2D eigenvalue weighted by atomic mass is 10.1. The zero-order valence-electron chi connectivity index (χ0n) is 14.8. The Morgan fingerprint density at radius 3 is 2.73 bits per heavy atom. The van der Waals surface area contributed by atoms with Gasteiger partial charge in [-0.2, -0.15) is 0 Å². The molecule has 1 aliphatic rings. The molecule has 1 aliphatic heterocycles. The number of hydrogen-bond donors (Lipinski definition) is 1. The summed E-state index contributed by atoms with van der Waals surface area (Å²) < 4.78 is 11.1. The van der Waals surface area contributed by atoms with Gasteiger partial charge in [-0.3, -0.25) is 4.79 Å². The van der Waals surface area contributed by atoms with Crippen LogP contribution in [-0.2, 0) is 14.3 Å². The Morgan fingerprint density at radius 2 is 1.96 bits per heavy atom. The predicted octanol–water partition coefficient (Wildman–Crippen LogP) is 2.70. The molecule has 2 atom stereocenters. The lowest BCUT2D eigenvalue weighted by molar-refractivity contribution is -0.148. The van der Waals surface area contributed by atoms with Gasteiger partial charge in [-0.1, -0.05) is 36.4 Å². The third-order valence-electron chi connectivity index (χ3n) is 4.74. The fourth-order valence-electron chi connectivity index (χ4n) is 3.35. The first-order valence-corrected chi connectivity index (χ1v) is 8.75. The summed E-state index contributed by atoms with van der Waals surface area (Å²) in [6.07, 6.45) is 0.907. The van der Waals surface area contributed by atoms with Gasteiger partial charge in [-0.25, -0.2) is 4.79 Å². The average molecular weight is 357 g/mol. The molecule has 1 fully saturated rings. The number of carboxylic acid groups (broad SMARTS) is 1. The minimum Gasteiger partial charge on any atom is -0.493 e. The second-order valence-corrected chi connectivity index (χ2v) is 6.42. The van der Waals surface area contributed by atoms with Crippen molar-refractivity contribution in [2.75, 3.05) is 20.3 Å². The molecule has 1 amide bonds. The van der Waals surface area contributed by atoms with Crippen LogP contribution in [0.2, 0.25) is 0 Å². The molecule has 1 saturated heterocycles. The maximum absolute atomic E-state index is 12.4. The number of carbonyl (C=O) groups excluding carboxylic acids is 1. The van der Waals surface area contributed by atoms with Gasteiger partial charge in [0, 0.05) is 31.9 Å². The number of carboxylic acids is 1. The molecular weight excluding hydrogens is 334 g/mol. The van der Waals surface area contributed by atoms with Crippen molar-refractivity contribution in [1.82, 2.24) is 4.90 Å². The fourth-order valence-corrected chi connectivity index (χ4v) is 3.35. The third kappa shape index (κ3) is 3.96. The van der Waals surface area contributed by atoms with Gasteiger partial charge in [0.05, 0.1) is 12.7 Å². The summed E-state index contributed by atoms with van der Waals surface area (Å²) in [4.78, 5) is 25.2. The van der Waals surface area contributed by atoms with Crippen LogP contribution in [-0.4, -0.2) is 54.3 Å². The molecule has 6 nitrogen and oxygen atoms in total. The quantitative estimate of drug-likeness (QED) is 0.771. The topological polar surface area (TPSA) is 76.1 Å². The number of benzene rings is 2. The van der Waals surface area contributed by atoms with Crippen molar-refractivity contribution in [3.05, 3.63) is 42.5 Å². The fraction of sp³-hybridized carbons (Fsp3) is 0.400. The Hall–Kier alpha value is -2.60. The number of rotatable bonds is 7. The molecule has 2 unspecified atom stereocenters. The normalized spacial score (nSPS) is 19.7. The molecule has 26 heavy (non-hydrogen) atoms. The van der Waals surface area contributed by atoms with Crippen molar-refractivity contribution >= 4 is 22.6 Å². The smallest absolute Gasteiger partial charge is 0.326 e. The number of methoxy groups -OCH3 is 1. The summed E-state index contributed by atoms with van der Waals surface area (Å²) in [7, 11) is 1.54. The maximum Gasteiger partial charge on any atom is 0.326 e. The molecule has 2 aromatic carbocycles. The van der Waals surface area contributed by atoms with E-state index in [-0.39, 0.29) is 18.4 Å². The highest BCUT2D eigenvalue weighted by Crippen LogP contribution is 2.25. The standard InChI is InChI=1S/C20H23NO5/c1-25-15-12-17(20(23)24)21(13-15)19(22)10-5-11-26-18-9-4-7-14-6-2-3-8-16(14)18/h2-4,6-9,15,17H,5,10-13H2,1H3,(H,23,24). The summed E-state index contributed by atoms with van der Waals surface area (Å²) in [5.41, 5.74) is 0. The molecule has 0 bridgehead atoms. The van der Waals surface area contributed by atoms with Crippen LogP contribution in [0.15, 0.2) is 42.5 Å². The monoisotopic (exact) mass is 357 g/mol. The van der Waals surface area contributed by atoms with Gasteiger partial charge in [0.1, 0.15) is 11.8 Å². The molecule has 138 valence electrons. The van der Waals surface area contributed by atoms with Gasteiger partial charge >= 0.3 is 5.97 Å². The first kappa shape index (κ1) is 18.2. The van der Waals surface area contributed by atoms with Crippen LogP contribution in [0.3, 0.4) is 0 Å². The van der Waals surface area contributed by atoms with Crippen LogP contribution >= 0.6 is 0 Å². The van der Waals surface area contributed by atoms with E-state index in [0.29, 0.717) is 26.0 Å². The Bertz CT molecular complexity index is 785. The molecule has 0 aromatic heterocycles. The van der Waals surface area contributed by atoms with Crippen LogP contribution in [0.4, 0.5) is 0 Å². The van der Waals surface area contributed by atoms with E-state index in [1.165, 1.54) is 12.0 Å². The minimum atomic E-state index is -0.982. The second-order valence-electron chi connectivity index (χ2n) is 6.42. The Labute approximate surface area is 152 Å². The lowest BCUT2D eigenvalue weighted by Gasteiger charge is -2.21. The SMILES string of the molecule is COC1CC(C(=O)O)N(C(=O)CCCOc2cccc3ccccc23)C1. The summed E-state index contributed by atoms with van der Waals surface area (Å²) in [6, 6.07) is 13.0. The van der Waals surface area contributed by atoms with Gasteiger partial charge in [-0.15, -0.1) is 0 Å². The van der Waals surface area contributed by atoms with Gasteiger partial charge in [0.15, 0.2) is 0 Å². The lowest BCUT2D eigenvalue weighted by Crippen LogP contribution is -2.40. The Kier molecular flexibility index (Phi) is 5.73. The van der Waals surface area contributed by atoms with Crippen molar-refractivity contribution in [2.24, 2.45) is 0 Å². The van der Waals surface area contributed by atoms with Crippen molar-refractivity contribution in [1.29, 1.82) is 0 Å². The van der Waals surface area contributed by atoms with Crippen LogP contribution in [0, 0.1) is 0 Å². The molecule has 0 spiro atoms. The largest absolute Gasteiger partial charge is 0.493 e. The molecule has 0 radical (unpaired) electrons. The summed E-state index contributed by atoms with van der Waals surface area (Å²) >= 11 is 0. The van der Waals surface area contributed by atoms with Crippen LogP contribution in [0.25, 0.3) is 10.8 Å². The molecule has 0 saturated carbocycles. The van der Waals surface area contributed by atoms with Gasteiger partial charge in [-0.05, 0) is 17.9 Å². The molecule has 2 aromatic rings. The Morgan fingerprint density at radius 1 is 1.19 bits per heavy atom. The predicted molar refractivity (Wildman–Crippen MR) is 97.2 cm³/mol. The molecule has 3 rings (SSSR count). The minimum absolute atomic E-state index is 0.168. The van der Waals surface area contributed by atoms with Gasteiger partial charge in [0.2, 0.25) is 5.91 Å². The van der Waals surface area contributed by atoms with E-state index in [1.807, 2.05) is 42.5 Å². The zero-order chi connectivity index (χ0) is 18.5. The number of aliphatic carboxylic acids is 1. The molecular formula is C20H23NO5. The Balaban J connectivity index is 1.53. The van der Waals surface area contributed by atoms with E-state index in [9.17, 15) is 14.7 Å². The summed E-state index contributed by atoms with van der Waals surface area (Å²) in [5.74, 6) is -0.358. The van der Waals surface area contributed by atoms with Crippen molar-refractivity contribution < 1.29 is 24.2 Å². The second kappa shape index (κ2) is 8.19. The number of hydrogen-bond acceptors (Lipinski definition) is 4. The van der Waals surface area contributed by atoms with Crippen molar-refractivity contribution in [3.8, 4) is 5.75 Å². The van der Waals surface area contributed by atoms with E-state index < -0.39 is 12.0 Å². The zero-order valence-corrected chi connectivity index (χ0v) is 14.8. The summed E-state index contributed by atoms with van der Waals surface area (Å²) in [6.45, 7) is 0.732. The number of carbonyl (C=O) groups is 2. The van der Waals surface area contributed by atoms with Crippen molar-refractivity contribution in [2.45, 2.75) is 31.4 Å². The van der Waals surface area contributed by atoms with E-state index in [2.05, 4.69) is 0 Å². The third-order valence-corrected chi connectivity index (χ3v) is 4.74. The number of ether oxygens (including phenoxy) is 2. The van der Waals surface area contributed by atoms with E-state index in [0.717, 1.165) is 16.5 Å². The average Bonchev–Trinajstić information content (AvgIpc) is 3.10. The van der Waals surface area contributed by atoms with E-state index in [1.54, 1.807) is 0 Å².